The summed E-state index contributed by atoms with van der Waals surface area (Å²) in [6.07, 6.45) is 0. The van der Waals surface area contributed by atoms with Crippen molar-refractivity contribution in [2.45, 2.75) is 6.92 Å². The van der Waals surface area contributed by atoms with Crippen molar-refractivity contribution in [2.24, 2.45) is 0 Å². The van der Waals surface area contributed by atoms with Gasteiger partial charge in [0.05, 0.1) is 7.11 Å². The maximum atomic E-state index is 10.7. The van der Waals surface area contributed by atoms with Gasteiger partial charge in [-0.25, -0.2) is 9.78 Å². The predicted molar refractivity (Wildman–Crippen MR) is 47.5 cm³/mol. The van der Waals surface area contributed by atoms with Crippen LogP contribution in [0.5, 0.6) is 5.88 Å². The first-order valence-electron chi connectivity index (χ1n) is 3.50. The van der Waals surface area contributed by atoms with E-state index in [2.05, 4.69) is 4.98 Å². The largest absolute Gasteiger partial charge is 0.480 e. The van der Waals surface area contributed by atoms with Crippen LogP contribution in [0.3, 0.4) is 0 Å². The van der Waals surface area contributed by atoms with Gasteiger partial charge < -0.3 is 9.84 Å². The number of carboxylic acid groups (broad SMARTS) is 1. The molecule has 0 spiro atoms. The molecule has 0 aliphatic rings. The van der Waals surface area contributed by atoms with Gasteiger partial charge in [-0.3, -0.25) is 0 Å². The van der Waals surface area contributed by atoms with E-state index in [0.717, 1.165) is 0 Å². The van der Waals surface area contributed by atoms with Crippen molar-refractivity contribution in [3.8, 4) is 5.88 Å². The van der Waals surface area contributed by atoms with Crippen LogP contribution in [0.4, 0.5) is 0 Å². The standard InChI is InChI=1S/C8H8ClNO3/c1-4-3-5(9)10-7(13-2)6(4)8(11)12/h3H,1-2H3,(H,11,12). The van der Waals surface area contributed by atoms with Crippen molar-refractivity contribution in [3.05, 3.63) is 22.3 Å². The minimum atomic E-state index is -1.07. The molecule has 4 nitrogen and oxygen atoms in total. The Bertz CT molecular complexity index is 351. The maximum Gasteiger partial charge on any atom is 0.341 e. The number of pyridine rings is 1. The fourth-order valence-electron chi connectivity index (χ4n) is 1.01. The predicted octanol–water partition coefficient (Wildman–Crippen LogP) is 1.75. The van der Waals surface area contributed by atoms with E-state index in [0.29, 0.717) is 5.56 Å². The SMILES string of the molecule is COc1nc(Cl)cc(C)c1C(=O)O. The van der Waals surface area contributed by atoms with Crippen molar-refractivity contribution in [1.82, 2.24) is 4.98 Å². The Morgan fingerprint density at radius 2 is 2.31 bits per heavy atom. The lowest BCUT2D eigenvalue weighted by Crippen LogP contribution is -2.05. The van der Waals surface area contributed by atoms with Crippen LogP contribution in [0.2, 0.25) is 5.15 Å². The van der Waals surface area contributed by atoms with Crippen LogP contribution in [0.15, 0.2) is 6.07 Å². The van der Waals surface area contributed by atoms with Gasteiger partial charge in [-0.15, -0.1) is 0 Å². The molecule has 0 bridgehead atoms. The Labute approximate surface area is 80.1 Å². The van der Waals surface area contributed by atoms with Gasteiger partial charge in [-0.1, -0.05) is 11.6 Å². The van der Waals surface area contributed by atoms with Crippen LogP contribution in [0.1, 0.15) is 15.9 Å². The molecule has 1 aromatic rings. The van der Waals surface area contributed by atoms with E-state index >= 15 is 0 Å². The zero-order chi connectivity index (χ0) is 10.0. The molecule has 0 unspecified atom stereocenters. The zero-order valence-electron chi connectivity index (χ0n) is 7.17. The van der Waals surface area contributed by atoms with Crippen molar-refractivity contribution in [2.75, 3.05) is 7.11 Å². The first-order chi connectivity index (χ1) is 6.06. The van der Waals surface area contributed by atoms with Crippen LogP contribution in [-0.2, 0) is 0 Å². The number of aryl methyl sites for hydroxylation is 1. The molecule has 0 aliphatic heterocycles. The quantitative estimate of drug-likeness (QED) is 0.741. The van der Waals surface area contributed by atoms with Crippen LogP contribution >= 0.6 is 11.6 Å². The van der Waals surface area contributed by atoms with E-state index in [1.807, 2.05) is 0 Å². The molecule has 0 atom stereocenters. The fraction of sp³-hybridized carbons (Fsp3) is 0.250. The van der Waals surface area contributed by atoms with Gasteiger partial charge in [-0.2, -0.15) is 0 Å². The van der Waals surface area contributed by atoms with Gasteiger partial charge in [0.2, 0.25) is 5.88 Å². The monoisotopic (exact) mass is 201 g/mol. The Morgan fingerprint density at radius 1 is 1.69 bits per heavy atom. The summed E-state index contributed by atoms with van der Waals surface area (Å²) in [5.41, 5.74) is 0.580. The molecule has 0 saturated carbocycles. The minimum Gasteiger partial charge on any atom is -0.480 e. The lowest BCUT2D eigenvalue weighted by Gasteiger charge is -2.06. The van der Waals surface area contributed by atoms with E-state index in [4.69, 9.17) is 21.4 Å². The molecular weight excluding hydrogens is 194 g/mol. The number of nitrogens with zero attached hydrogens (tertiary/aromatic N) is 1. The van der Waals surface area contributed by atoms with Crippen molar-refractivity contribution < 1.29 is 14.6 Å². The first kappa shape index (κ1) is 9.80. The second-order valence-electron chi connectivity index (χ2n) is 2.45. The average Bonchev–Trinajstić information content (AvgIpc) is 2.01. The molecule has 0 aliphatic carbocycles. The first-order valence-corrected chi connectivity index (χ1v) is 3.88. The third-order valence-corrected chi connectivity index (χ3v) is 1.75. The Morgan fingerprint density at radius 3 is 2.77 bits per heavy atom. The third-order valence-electron chi connectivity index (χ3n) is 1.56. The number of carbonyl (C=O) groups is 1. The van der Waals surface area contributed by atoms with E-state index in [9.17, 15) is 4.79 Å². The molecule has 0 aromatic carbocycles. The Hall–Kier alpha value is -1.29. The summed E-state index contributed by atoms with van der Waals surface area (Å²) in [5.74, 6) is -1.03. The van der Waals surface area contributed by atoms with Crippen molar-refractivity contribution in [3.63, 3.8) is 0 Å². The molecule has 5 heteroatoms. The lowest BCUT2D eigenvalue weighted by molar-refractivity contribution is 0.0691. The number of rotatable bonds is 2. The number of halogens is 1. The molecule has 1 aromatic heterocycles. The van der Waals surface area contributed by atoms with Gasteiger partial charge in [0.15, 0.2) is 0 Å². The number of methoxy groups -OCH3 is 1. The molecule has 1 N–H and O–H groups in total. The molecule has 13 heavy (non-hydrogen) atoms. The van der Waals surface area contributed by atoms with E-state index in [1.54, 1.807) is 6.92 Å². The second kappa shape index (κ2) is 3.62. The molecule has 70 valence electrons. The topological polar surface area (TPSA) is 59.4 Å². The highest BCUT2D eigenvalue weighted by molar-refractivity contribution is 6.29. The number of carboxylic acids is 1. The lowest BCUT2D eigenvalue weighted by atomic mass is 10.1. The number of hydrogen-bond donors (Lipinski definition) is 1. The van der Waals surface area contributed by atoms with Crippen LogP contribution in [-0.4, -0.2) is 23.2 Å². The zero-order valence-corrected chi connectivity index (χ0v) is 7.92. The van der Waals surface area contributed by atoms with Crippen LogP contribution in [0, 0.1) is 6.92 Å². The molecule has 1 heterocycles. The van der Waals surface area contributed by atoms with Crippen LogP contribution in [0.25, 0.3) is 0 Å². The van der Waals surface area contributed by atoms with Gasteiger partial charge in [0.25, 0.3) is 0 Å². The average molecular weight is 202 g/mol. The number of hydrogen-bond acceptors (Lipinski definition) is 3. The summed E-state index contributed by atoms with van der Waals surface area (Å²) in [4.78, 5) is 14.5. The molecule has 0 amide bonds. The summed E-state index contributed by atoms with van der Waals surface area (Å²) < 4.78 is 4.79. The van der Waals surface area contributed by atoms with Crippen molar-refractivity contribution in [1.29, 1.82) is 0 Å². The second-order valence-corrected chi connectivity index (χ2v) is 2.84. The summed E-state index contributed by atoms with van der Waals surface area (Å²) in [5, 5.41) is 9.03. The summed E-state index contributed by atoms with van der Waals surface area (Å²) in [6, 6.07) is 1.48. The van der Waals surface area contributed by atoms with E-state index in [-0.39, 0.29) is 16.6 Å². The van der Waals surface area contributed by atoms with E-state index < -0.39 is 5.97 Å². The van der Waals surface area contributed by atoms with Gasteiger partial charge in [0.1, 0.15) is 10.7 Å². The highest BCUT2D eigenvalue weighted by Crippen LogP contribution is 2.22. The Kier molecular flexibility index (Phi) is 2.72. The third kappa shape index (κ3) is 1.89. The number of ether oxygens (including phenoxy) is 1. The minimum absolute atomic E-state index is 0.0394. The van der Waals surface area contributed by atoms with Crippen LogP contribution < -0.4 is 4.74 Å². The van der Waals surface area contributed by atoms with Gasteiger partial charge in [0, 0.05) is 0 Å². The molecule has 1 rings (SSSR count). The molecule has 0 radical (unpaired) electrons. The molecule has 0 saturated heterocycles. The van der Waals surface area contributed by atoms with E-state index in [1.165, 1.54) is 13.2 Å². The highest BCUT2D eigenvalue weighted by Gasteiger charge is 2.16. The summed E-state index contributed by atoms with van der Waals surface area (Å²) >= 11 is 5.62. The number of aromatic carboxylic acids is 1. The maximum absolute atomic E-state index is 10.7. The van der Waals surface area contributed by atoms with Gasteiger partial charge >= 0.3 is 5.97 Å². The number of aromatic nitrogens is 1. The molecule has 0 fully saturated rings. The normalized spacial score (nSPS) is 9.77. The summed E-state index contributed by atoms with van der Waals surface area (Å²) in [6.45, 7) is 1.64. The summed E-state index contributed by atoms with van der Waals surface area (Å²) in [7, 11) is 1.35. The fourth-order valence-corrected chi connectivity index (χ4v) is 1.25. The molecular formula is C8H8ClNO3. The smallest absolute Gasteiger partial charge is 0.341 e. The Balaban J connectivity index is 3.38. The van der Waals surface area contributed by atoms with Crippen molar-refractivity contribution >= 4 is 17.6 Å². The highest BCUT2D eigenvalue weighted by atomic mass is 35.5. The van der Waals surface area contributed by atoms with Gasteiger partial charge in [-0.05, 0) is 18.6 Å².